The van der Waals surface area contributed by atoms with E-state index in [-0.39, 0.29) is 16.2 Å². The van der Waals surface area contributed by atoms with Gasteiger partial charge in [-0.05, 0) is 35.4 Å². The molecule has 0 fully saturated rings. The molecule has 0 aliphatic carbocycles. The van der Waals surface area contributed by atoms with Crippen molar-refractivity contribution in [3.05, 3.63) is 59.2 Å². The molecule has 0 aliphatic rings. The highest BCUT2D eigenvalue weighted by Crippen LogP contribution is 2.20. The van der Waals surface area contributed by atoms with Crippen LogP contribution in [-0.2, 0) is 9.84 Å². The zero-order valence-corrected chi connectivity index (χ0v) is 12.5. The van der Waals surface area contributed by atoms with Crippen LogP contribution in [0.1, 0.15) is 21.5 Å². The lowest BCUT2D eigenvalue weighted by molar-refractivity contribution is 0.0693. The standard InChI is InChI=1S/C16H14O5S/c1-22(20,21)13-7-4-11(5-8-13)2-3-12-6-9-15(17)14(10-12)16(18)19/h2-10,17H,1H3,(H,18,19)/b3-2+. The van der Waals surface area contributed by atoms with Crippen LogP contribution in [0.4, 0.5) is 0 Å². The molecule has 0 bridgehead atoms. The lowest BCUT2D eigenvalue weighted by atomic mass is 10.1. The van der Waals surface area contributed by atoms with Gasteiger partial charge in [0.2, 0.25) is 0 Å². The number of aromatic hydroxyl groups is 1. The SMILES string of the molecule is CS(=O)(=O)c1ccc(/C=C/c2ccc(O)c(C(=O)O)c2)cc1. The minimum Gasteiger partial charge on any atom is -0.507 e. The van der Waals surface area contributed by atoms with E-state index in [0.717, 1.165) is 11.8 Å². The van der Waals surface area contributed by atoms with E-state index in [4.69, 9.17) is 5.11 Å². The van der Waals surface area contributed by atoms with Crippen molar-refractivity contribution in [1.29, 1.82) is 0 Å². The van der Waals surface area contributed by atoms with E-state index in [1.807, 2.05) is 0 Å². The van der Waals surface area contributed by atoms with E-state index >= 15 is 0 Å². The molecule has 2 rings (SSSR count). The van der Waals surface area contributed by atoms with Crippen LogP contribution >= 0.6 is 0 Å². The molecule has 0 amide bonds. The first-order chi connectivity index (χ1) is 10.3. The minimum atomic E-state index is -3.22. The molecule has 0 unspecified atom stereocenters. The number of rotatable bonds is 4. The average molecular weight is 318 g/mol. The number of carbonyl (C=O) groups is 1. The third kappa shape index (κ3) is 3.73. The maximum Gasteiger partial charge on any atom is 0.339 e. The summed E-state index contributed by atoms with van der Waals surface area (Å²) in [5.74, 6) is -1.49. The maximum absolute atomic E-state index is 11.4. The summed E-state index contributed by atoms with van der Waals surface area (Å²) in [6, 6.07) is 10.6. The number of hydrogen-bond donors (Lipinski definition) is 2. The van der Waals surface area contributed by atoms with Crippen LogP contribution in [0.2, 0.25) is 0 Å². The Balaban J connectivity index is 2.25. The summed E-state index contributed by atoms with van der Waals surface area (Å²) in [6.45, 7) is 0. The quantitative estimate of drug-likeness (QED) is 0.846. The van der Waals surface area contributed by atoms with Crippen LogP contribution in [0.15, 0.2) is 47.4 Å². The number of benzene rings is 2. The first-order valence-electron chi connectivity index (χ1n) is 6.32. The Labute approximate surface area is 128 Å². The molecule has 5 nitrogen and oxygen atoms in total. The molecule has 0 atom stereocenters. The molecule has 2 N–H and O–H groups in total. The van der Waals surface area contributed by atoms with Gasteiger partial charge in [0, 0.05) is 6.26 Å². The van der Waals surface area contributed by atoms with Crippen LogP contribution in [0.25, 0.3) is 12.2 Å². The Morgan fingerprint density at radius 2 is 1.55 bits per heavy atom. The van der Waals surface area contributed by atoms with Gasteiger partial charge in [-0.15, -0.1) is 0 Å². The highest BCUT2D eigenvalue weighted by atomic mass is 32.2. The second kappa shape index (κ2) is 6.03. The van der Waals surface area contributed by atoms with Crippen LogP contribution in [-0.4, -0.2) is 30.9 Å². The second-order valence-corrected chi connectivity index (χ2v) is 6.77. The molecule has 0 saturated carbocycles. The first kappa shape index (κ1) is 15.8. The van der Waals surface area contributed by atoms with Crippen molar-refractivity contribution in [2.24, 2.45) is 0 Å². The summed E-state index contributed by atoms with van der Waals surface area (Å²) in [7, 11) is -3.22. The van der Waals surface area contributed by atoms with Crippen molar-refractivity contribution in [3.8, 4) is 5.75 Å². The summed E-state index contributed by atoms with van der Waals surface area (Å²) in [4.78, 5) is 11.2. The summed E-state index contributed by atoms with van der Waals surface area (Å²) in [6.07, 6.45) is 4.55. The highest BCUT2D eigenvalue weighted by molar-refractivity contribution is 7.90. The molecule has 0 radical (unpaired) electrons. The van der Waals surface area contributed by atoms with E-state index in [9.17, 15) is 18.3 Å². The Morgan fingerprint density at radius 3 is 2.09 bits per heavy atom. The van der Waals surface area contributed by atoms with Crippen molar-refractivity contribution >= 4 is 28.0 Å². The number of phenols is 1. The van der Waals surface area contributed by atoms with E-state index in [1.165, 1.54) is 24.3 Å². The largest absolute Gasteiger partial charge is 0.507 e. The van der Waals surface area contributed by atoms with Gasteiger partial charge in [-0.25, -0.2) is 13.2 Å². The molecule has 0 saturated heterocycles. The van der Waals surface area contributed by atoms with Gasteiger partial charge in [0.1, 0.15) is 11.3 Å². The molecular weight excluding hydrogens is 304 g/mol. The monoisotopic (exact) mass is 318 g/mol. The summed E-state index contributed by atoms with van der Waals surface area (Å²) < 4.78 is 22.7. The number of hydrogen-bond acceptors (Lipinski definition) is 4. The van der Waals surface area contributed by atoms with Gasteiger partial charge in [0.15, 0.2) is 9.84 Å². The smallest absolute Gasteiger partial charge is 0.339 e. The van der Waals surface area contributed by atoms with Gasteiger partial charge >= 0.3 is 5.97 Å². The molecule has 0 aromatic heterocycles. The topological polar surface area (TPSA) is 91.7 Å². The first-order valence-corrected chi connectivity index (χ1v) is 8.21. The van der Waals surface area contributed by atoms with Crippen molar-refractivity contribution < 1.29 is 23.4 Å². The van der Waals surface area contributed by atoms with Crippen molar-refractivity contribution in [1.82, 2.24) is 0 Å². The van der Waals surface area contributed by atoms with Gasteiger partial charge in [-0.2, -0.15) is 0 Å². The predicted molar refractivity (Wildman–Crippen MR) is 83.5 cm³/mol. The Kier molecular flexibility index (Phi) is 4.32. The zero-order chi connectivity index (χ0) is 16.3. The summed E-state index contributed by atoms with van der Waals surface area (Å²) in [5.41, 5.74) is 1.22. The molecule has 6 heteroatoms. The third-order valence-corrected chi connectivity index (χ3v) is 4.16. The summed E-state index contributed by atoms with van der Waals surface area (Å²) in [5, 5.41) is 18.4. The van der Waals surface area contributed by atoms with Gasteiger partial charge in [0.05, 0.1) is 4.90 Å². The van der Waals surface area contributed by atoms with E-state index in [1.54, 1.807) is 30.4 Å². The third-order valence-electron chi connectivity index (χ3n) is 3.03. The second-order valence-electron chi connectivity index (χ2n) is 4.76. The van der Waals surface area contributed by atoms with Gasteiger partial charge < -0.3 is 10.2 Å². The van der Waals surface area contributed by atoms with Crippen LogP contribution in [0.3, 0.4) is 0 Å². The lowest BCUT2D eigenvalue weighted by Crippen LogP contribution is -1.96. The molecule has 2 aromatic carbocycles. The van der Waals surface area contributed by atoms with E-state index in [2.05, 4.69) is 0 Å². The normalized spacial score (nSPS) is 11.7. The number of sulfone groups is 1. The Morgan fingerprint density at radius 1 is 1.00 bits per heavy atom. The molecular formula is C16H14O5S. The molecule has 114 valence electrons. The van der Waals surface area contributed by atoms with E-state index < -0.39 is 15.8 Å². The fraction of sp³-hybridized carbons (Fsp3) is 0.0625. The van der Waals surface area contributed by atoms with Crippen molar-refractivity contribution in [3.63, 3.8) is 0 Å². The van der Waals surface area contributed by atoms with Crippen molar-refractivity contribution in [2.75, 3.05) is 6.26 Å². The fourth-order valence-corrected chi connectivity index (χ4v) is 2.48. The fourth-order valence-electron chi connectivity index (χ4n) is 1.85. The molecule has 0 heterocycles. The highest BCUT2D eigenvalue weighted by Gasteiger charge is 2.09. The molecule has 0 spiro atoms. The lowest BCUT2D eigenvalue weighted by Gasteiger charge is -2.01. The minimum absolute atomic E-state index is 0.172. The Bertz CT molecular complexity index is 833. The number of carboxylic acids is 1. The predicted octanol–water partition coefficient (Wildman–Crippen LogP) is 2.66. The van der Waals surface area contributed by atoms with E-state index in [0.29, 0.717) is 5.56 Å². The van der Waals surface area contributed by atoms with Crippen LogP contribution in [0.5, 0.6) is 5.75 Å². The number of aromatic carboxylic acids is 1. The van der Waals surface area contributed by atoms with Crippen LogP contribution < -0.4 is 0 Å². The van der Waals surface area contributed by atoms with Gasteiger partial charge in [0.25, 0.3) is 0 Å². The van der Waals surface area contributed by atoms with Crippen LogP contribution in [0, 0.1) is 0 Å². The van der Waals surface area contributed by atoms with Gasteiger partial charge in [-0.3, -0.25) is 0 Å². The maximum atomic E-state index is 11.4. The van der Waals surface area contributed by atoms with Gasteiger partial charge in [-0.1, -0.05) is 30.4 Å². The zero-order valence-electron chi connectivity index (χ0n) is 11.7. The Hall–Kier alpha value is -2.60. The number of carboxylic acid groups (broad SMARTS) is 1. The van der Waals surface area contributed by atoms with Crippen molar-refractivity contribution in [2.45, 2.75) is 4.90 Å². The molecule has 0 aliphatic heterocycles. The molecule has 22 heavy (non-hydrogen) atoms. The molecule has 2 aromatic rings. The summed E-state index contributed by atoms with van der Waals surface area (Å²) >= 11 is 0. The average Bonchev–Trinajstić information content (AvgIpc) is 2.45.